The van der Waals surface area contributed by atoms with Crippen LogP contribution in [0.3, 0.4) is 0 Å². The molecule has 0 unspecified atom stereocenters. The van der Waals surface area contributed by atoms with Gasteiger partial charge < -0.3 is 5.11 Å². The van der Waals surface area contributed by atoms with E-state index in [-0.39, 0.29) is 12.4 Å². The zero-order valence-corrected chi connectivity index (χ0v) is 11.0. The number of rotatable bonds is 5. The highest BCUT2D eigenvalue weighted by atomic mass is 16.3. The Morgan fingerprint density at radius 2 is 1.68 bits per heavy atom. The summed E-state index contributed by atoms with van der Waals surface area (Å²) in [6, 6.07) is 17.4. The lowest BCUT2D eigenvalue weighted by Gasteiger charge is -2.14. The van der Waals surface area contributed by atoms with Crippen LogP contribution in [-0.4, -0.2) is 17.5 Å². The highest BCUT2D eigenvalue weighted by molar-refractivity contribution is 5.87. The molecule has 0 aliphatic rings. The number of ketones is 1. The van der Waals surface area contributed by atoms with Crippen molar-refractivity contribution in [2.24, 2.45) is 0 Å². The Morgan fingerprint density at radius 3 is 2.26 bits per heavy atom. The molecule has 19 heavy (non-hydrogen) atoms. The van der Waals surface area contributed by atoms with Crippen molar-refractivity contribution >= 4 is 5.78 Å². The van der Waals surface area contributed by atoms with Gasteiger partial charge in [0, 0.05) is 6.42 Å². The van der Waals surface area contributed by atoms with Crippen LogP contribution >= 0.6 is 0 Å². The Balaban J connectivity index is 2.13. The van der Waals surface area contributed by atoms with Gasteiger partial charge in [-0.2, -0.15) is 0 Å². The maximum atomic E-state index is 12.3. The van der Waals surface area contributed by atoms with E-state index in [9.17, 15) is 9.90 Å². The number of aryl methyl sites for hydroxylation is 1. The van der Waals surface area contributed by atoms with Gasteiger partial charge in [0.05, 0.1) is 12.5 Å². The van der Waals surface area contributed by atoms with Gasteiger partial charge in [-0.1, -0.05) is 60.2 Å². The maximum absolute atomic E-state index is 12.3. The van der Waals surface area contributed by atoms with Gasteiger partial charge in [-0.3, -0.25) is 4.79 Å². The molecule has 0 aliphatic heterocycles. The molecular formula is C17H18O2. The third kappa shape index (κ3) is 3.52. The molecule has 2 nitrogen and oxygen atoms in total. The molecule has 1 N–H and O–H groups in total. The summed E-state index contributed by atoms with van der Waals surface area (Å²) in [5.74, 6) is -0.377. The Labute approximate surface area is 113 Å². The second kappa shape index (κ2) is 6.30. The molecule has 0 saturated heterocycles. The minimum Gasteiger partial charge on any atom is -0.395 e. The molecule has 2 heteroatoms. The molecular weight excluding hydrogens is 236 g/mol. The second-order valence-electron chi connectivity index (χ2n) is 4.77. The van der Waals surface area contributed by atoms with Crippen molar-refractivity contribution in [3.05, 3.63) is 71.3 Å². The topological polar surface area (TPSA) is 37.3 Å². The standard InChI is InChI=1S/C17H18O2/c1-13-7-9-15(10-8-13)16(12-18)17(19)11-14-5-3-2-4-6-14/h2-10,16,18H,11-12H2,1H3/t16-/m1/s1. The summed E-state index contributed by atoms with van der Waals surface area (Å²) in [4.78, 5) is 12.3. The van der Waals surface area contributed by atoms with Crippen molar-refractivity contribution in [2.45, 2.75) is 19.3 Å². The molecule has 0 heterocycles. The number of aliphatic hydroxyl groups is 1. The summed E-state index contributed by atoms with van der Waals surface area (Å²) in [6.07, 6.45) is 0.361. The number of carbonyl (C=O) groups excluding carboxylic acids is 1. The molecule has 0 spiro atoms. The van der Waals surface area contributed by atoms with Gasteiger partial charge in [0.25, 0.3) is 0 Å². The van der Waals surface area contributed by atoms with Gasteiger partial charge >= 0.3 is 0 Å². The molecule has 0 amide bonds. The zero-order chi connectivity index (χ0) is 13.7. The van der Waals surface area contributed by atoms with Crippen LogP contribution < -0.4 is 0 Å². The van der Waals surface area contributed by atoms with Crippen LogP contribution in [0, 0.1) is 6.92 Å². The molecule has 1 atom stereocenters. The predicted molar refractivity (Wildman–Crippen MR) is 76.2 cm³/mol. The lowest BCUT2D eigenvalue weighted by Crippen LogP contribution is -2.18. The molecule has 2 aromatic rings. The zero-order valence-electron chi connectivity index (χ0n) is 11.0. The van der Waals surface area contributed by atoms with Gasteiger partial charge in [-0.05, 0) is 18.1 Å². The SMILES string of the molecule is Cc1ccc([C@@H](CO)C(=O)Cc2ccccc2)cc1. The lowest BCUT2D eigenvalue weighted by molar-refractivity contribution is -0.120. The van der Waals surface area contributed by atoms with Gasteiger partial charge in [0.1, 0.15) is 5.78 Å². The highest BCUT2D eigenvalue weighted by Gasteiger charge is 2.19. The molecule has 2 rings (SSSR count). The fourth-order valence-corrected chi connectivity index (χ4v) is 2.11. The van der Waals surface area contributed by atoms with Crippen molar-refractivity contribution in [1.29, 1.82) is 0 Å². The number of Topliss-reactive ketones (excluding diaryl/α,β-unsaturated/α-hetero) is 1. The summed E-state index contributed by atoms with van der Waals surface area (Å²) in [7, 11) is 0. The average Bonchev–Trinajstić information content (AvgIpc) is 2.43. The minimum atomic E-state index is -0.430. The molecule has 0 radical (unpaired) electrons. The number of carbonyl (C=O) groups is 1. The fraction of sp³-hybridized carbons (Fsp3) is 0.235. The van der Waals surface area contributed by atoms with Crippen molar-refractivity contribution < 1.29 is 9.90 Å². The van der Waals surface area contributed by atoms with Crippen LogP contribution in [0.1, 0.15) is 22.6 Å². The van der Waals surface area contributed by atoms with Gasteiger partial charge in [-0.25, -0.2) is 0 Å². The van der Waals surface area contributed by atoms with E-state index in [2.05, 4.69) is 0 Å². The molecule has 0 aromatic heterocycles. The van der Waals surface area contributed by atoms with Gasteiger partial charge in [0.15, 0.2) is 0 Å². The monoisotopic (exact) mass is 254 g/mol. The minimum absolute atomic E-state index is 0.0533. The van der Waals surface area contributed by atoms with Crippen molar-refractivity contribution in [2.75, 3.05) is 6.61 Å². The number of aliphatic hydroxyl groups excluding tert-OH is 1. The Morgan fingerprint density at radius 1 is 1.05 bits per heavy atom. The maximum Gasteiger partial charge on any atom is 0.147 e. The first-order chi connectivity index (χ1) is 9.20. The fourth-order valence-electron chi connectivity index (χ4n) is 2.11. The summed E-state index contributed by atoms with van der Waals surface area (Å²) < 4.78 is 0. The van der Waals surface area contributed by atoms with E-state index in [0.717, 1.165) is 16.7 Å². The third-order valence-corrected chi connectivity index (χ3v) is 3.27. The average molecular weight is 254 g/mol. The van der Waals surface area contributed by atoms with E-state index in [1.807, 2.05) is 61.5 Å². The van der Waals surface area contributed by atoms with Crippen LogP contribution in [0.5, 0.6) is 0 Å². The summed E-state index contributed by atoms with van der Waals surface area (Å²) in [5, 5.41) is 9.48. The number of benzene rings is 2. The first kappa shape index (κ1) is 13.5. The molecule has 0 fully saturated rings. The number of hydrogen-bond donors (Lipinski definition) is 1. The molecule has 2 aromatic carbocycles. The van der Waals surface area contributed by atoms with Crippen LogP contribution in [0.2, 0.25) is 0 Å². The van der Waals surface area contributed by atoms with Crippen molar-refractivity contribution in [3.63, 3.8) is 0 Å². The van der Waals surface area contributed by atoms with Crippen LogP contribution in [-0.2, 0) is 11.2 Å². The van der Waals surface area contributed by atoms with Crippen LogP contribution in [0.4, 0.5) is 0 Å². The van der Waals surface area contributed by atoms with E-state index in [4.69, 9.17) is 0 Å². The number of hydrogen-bond acceptors (Lipinski definition) is 2. The van der Waals surface area contributed by atoms with E-state index in [0.29, 0.717) is 6.42 Å². The Kier molecular flexibility index (Phi) is 4.48. The first-order valence-corrected chi connectivity index (χ1v) is 6.45. The normalized spacial score (nSPS) is 12.1. The van der Waals surface area contributed by atoms with Gasteiger partial charge in [-0.15, -0.1) is 0 Å². The lowest BCUT2D eigenvalue weighted by atomic mass is 9.91. The quantitative estimate of drug-likeness (QED) is 0.890. The third-order valence-electron chi connectivity index (χ3n) is 3.27. The summed E-state index contributed by atoms with van der Waals surface area (Å²) in [6.45, 7) is 1.86. The summed E-state index contributed by atoms with van der Waals surface area (Å²) in [5.41, 5.74) is 3.02. The molecule has 98 valence electrons. The van der Waals surface area contributed by atoms with Crippen LogP contribution in [0.25, 0.3) is 0 Å². The molecule has 0 aliphatic carbocycles. The second-order valence-corrected chi connectivity index (χ2v) is 4.77. The molecule has 0 saturated carbocycles. The van der Waals surface area contributed by atoms with Crippen molar-refractivity contribution in [1.82, 2.24) is 0 Å². The van der Waals surface area contributed by atoms with E-state index < -0.39 is 5.92 Å². The van der Waals surface area contributed by atoms with E-state index in [1.54, 1.807) is 0 Å². The van der Waals surface area contributed by atoms with Crippen molar-refractivity contribution in [3.8, 4) is 0 Å². The highest BCUT2D eigenvalue weighted by Crippen LogP contribution is 2.19. The molecule has 0 bridgehead atoms. The Bertz CT molecular complexity index is 529. The van der Waals surface area contributed by atoms with Gasteiger partial charge in [0.2, 0.25) is 0 Å². The van der Waals surface area contributed by atoms with Crippen LogP contribution in [0.15, 0.2) is 54.6 Å². The summed E-state index contributed by atoms with van der Waals surface area (Å²) >= 11 is 0. The first-order valence-electron chi connectivity index (χ1n) is 6.45. The smallest absolute Gasteiger partial charge is 0.147 e. The largest absolute Gasteiger partial charge is 0.395 e. The van der Waals surface area contributed by atoms with E-state index in [1.165, 1.54) is 0 Å². The van der Waals surface area contributed by atoms with E-state index >= 15 is 0 Å². The predicted octanol–water partition coefficient (Wildman–Crippen LogP) is 2.88. The Hall–Kier alpha value is -1.93.